The quantitative estimate of drug-likeness (QED) is 0.510. The Kier molecular flexibility index (Phi) is 4.29. The van der Waals surface area contributed by atoms with Crippen LogP contribution in [0.3, 0.4) is 0 Å². The van der Waals surface area contributed by atoms with E-state index < -0.39 is 0 Å². The normalized spacial score (nSPS) is 10.7. The van der Waals surface area contributed by atoms with Crippen LogP contribution in [0.2, 0.25) is 0 Å². The fraction of sp³-hybridized carbons (Fsp3) is 0.333. The molecule has 0 unspecified atom stereocenters. The van der Waals surface area contributed by atoms with Crippen molar-refractivity contribution in [1.29, 1.82) is 0 Å². The highest BCUT2D eigenvalue weighted by Crippen LogP contribution is 2.38. The van der Waals surface area contributed by atoms with Gasteiger partial charge in [-0.15, -0.1) is 34.4 Å². The van der Waals surface area contributed by atoms with Crippen molar-refractivity contribution < 1.29 is 0 Å². The minimum Gasteiger partial charge on any atom is -0.143 e. The molecule has 0 saturated heterocycles. The second-order valence-corrected chi connectivity index (χ2v) is 6.29. The standard InChI is InChI=1S/C12H14S3/c1-2-3-7-13-11-6-9-15-12(11)10-5-4-8-14-10/h4-6,8-9H,2-3,7H2,1H3. The third kappa shape index (κ3) is 2.86. The molecule has 2 rings (SSSR count). The Labute approximate surface area is 103 Å². The van der Waals surface area contributed by atoms with Gasteiger partial charge < -0.3 is 0 Å². The van der Waals surface area contributed by atoms with Gasteiger partial charge in [-0.3, -0.25) is 0 Å². The molecule has 0 spiro atoms. The van der Waals surface area contributed by atoms with Gasteiger partial charge in [-0.1, -0.05) is 19.4 Å². The summed E-state index contributed by atoms with van der Waals surface area (Å²) in [6.07, 6.45) is 2.59. The van der Waals surface area contributed by atoms with Crippen molar-refractivity contribution in [1.82, 2.24) is 0 Å². The molecule has 2 aromatic rings. The minimum absolute atomic E-state index is 1.24. The summed E-state index contributed by atoms with van der Waals surface area (Å²) in [4.78, 5) is 4.31. The molecule has 0 atom stereocenters. The van der Waals surface area contributed by atoms with Crippen LogP contribution in [0.15, 0.2) is 33.9 Å². The molecule has 0 N–H and O–H groups in total. The van der Waals surface area contributed by atoms with E-state index in [2.05, 4.69) is 35.9 Å². The lowest BCUT2D eigenvalue weighted by atomic mass is 10.4. The Balaban J connectivity index is 2.09. The molecule has 2 aromatic heterocycles. The first kappa shape index (κ1) is 11.2. The lowest BCUT2D eigenvalue weighted by Gasteiger charge is -2.00. The molecule has 0 aliphatic heterocycles. The van der Waals surface area contributed by atoms with Crippen LogP contribution >= 0.6 is 34.4 Å². The van der Waals surface area contributed by atoms with E-state index in [1.165, 1.54) is 33.2 Å². The van der Waals surface area contributed by atoms with Crippen LogP contribution in [0.1, 0.15) is 19.8 Å². The predicted molar refractivity (Wildman–Crippen MR) is 73.3 cm³/mol. The smallest absolute Gasteiger partial charge is 0.0578 e. The topological polar surface area (TPSA) is 0 Å². The Morgan fingerprint density at radius 3 is 2.87 bits per heavy atom. The van der Waals surface area contributed by atoms with Gasteiger partial charge in [-0.2, -0.15) is 0 Å². The number of rotatable bonds is 5. The van der Waals surface area contributed by atoms with E-state index in [1.807, 2.05) is 34.4 Å². The fourth-order valence-electron chi connectivity index (χ4n) is 1.33. The predicted octanol–water partition coefficient (Wildman–Crippen LogP) is 5.37. The first-order chi connectivity index (χ1) is 7.42. The van der Waals surface area contributed by atoms with E-state index in [0.29, 0.717) is 0 Å². The number of hydrogen-bond donors (Lipinski definition) is 0. The van der Waals surface area contributed by atoms with Gasteiger partial charge in [0.2, 0.25) is 0 Å². The number of unbranched alkanes of at least 4 members (excludes halogenated alkanes) is 1. The maximum absolute atomic E-state index is 2.25. The summed E-state index contributed by atoms with van der Waals surface area (Å²) in [5.41, 5.74) is 0. The summed E-state index contributed by atoms with van der Waals surface area (Å²) < 4.78 is 0. The molecule has 0 saturated carbocycles. The van der Waals surface area contributed by atoms with Crippen molar-refractivity contribution >= 4 is 34.4 Å². The van der Waals surface area contributed by atoms with Crippen molar-refractivity contribution in [2.45, 2.75) is 24.7 Å². The molecule has 0 radical (unpaired) electrons. The van der Waals surface area contributed by atoms with E-state index >= 15 is 0 Å². The minimum atomic E-state index is 1.24. The van der Waals surface area contributed by atoms with Crippen LogP contribution in [0.25, 0.3) is 9.75 Å². The van der Waals surface area contributed by atoms with Crippen LogP contribution in [0.4, 0.5) is 0 Å². The molecular formula is C12H14S3. The Hall–Kier alpha value is -0.250. The summed E-state index contributed by atoms with van der Waals surface area (Å²) in [5.74, 6) is 1.24. The second-order valence-electron chi connectivity index (χ2n) is 3.29. The van der Waals surface area contributed by atoms with Gasteiger partial charge in [-0.25, -0.2) is 0 Å². The Bertz CT molecular complexity index is 387. The third-order valence-corrected chi connectivity index (χ3v) is 5.37. The van der Waals surface area contributed by atoms with E-state index in [-0.39, 0.29) is 0 Å². The van der Waals surface area contributed by atoms with Gasteiger partial charge in [0.05, 0.1) is 4.88 Å². The van der Waals surface area contributed by atoms with Crippen LogP contribution in [-0.4, -0.2) is 5.75 Å². The molecule has 0 amide bonds. The summed E-state index contributed by atoms with van der Waals surface area (Å²) in [5, 5.41) is 4.35. The molecule has 15 heavy (non-hydrogen) atoms. The van der Waals surface area contributed by atoms with Crippen LogP contribution in [0.5, 0.6) is 0 Å². The zero-order valence-electron chi connectivity index (χ0n) is 8.73. The van der Waals surface area contributed by atoms with Crippen LogP contribution in [-0.2, 0) is 0 Å². The molecule has 0 aliphatic carbocycles. The highest BCUT2D eigenvalue weighted by Gasteiger charge is 2.07. The largest absolute Gasteiger partial charge is 0.143 e. The number of hydrogen-bond acceptors (Lipinski definition) is 3. The average Bonchev–Trinajstić information content (AvgIpc) is 2.87. The summed E-state index contributed by atoms with van der Waals surface area (Å²) in [6.45, 7) is 2.24. The van der Waals surface area contributed by atoms with Gasteiger partial charge in [0.25, 0.3) is 0 Å². The average molecular weight is 254 g/mol. The maximum atomic E-state index is 2.25. The van der Waals surface area contributed by atoms with E-state index in [1.54, 1.807) is 0 Å². The van der Waals surface area contributed by atoms with Crippen LogP contribution < -0.4 is 0 Å². The third-order valence-electron chi connectivity index (χ3n) is 2.13. The lowest BCUT2D eigenvalue weighted by molar-refractivity contribution is 0.896. The molecule has 2 heterocycles. The van der Waals surface area contributed by atoms with E-state index in [9.17, 15) is 0 Å². The molecule has 0 bridgehead atoms. The molecule has 0 aromatic carbocycles. The van der Waals surface area contributed by atoms with Crippen LogP contribution in [0, 0.1) is 0 Å². The van der Waals surface area contributed by atoms with Crippen molar-refractivity contribution in [2.75, 3.05) is 5.75 Å². The van der Waals surface area contributed by atoms with Crippen molar-refractivity contribution in [3.8, 4) is 9.75 Å². The molecule has 0 aliphatic rings. The zero-order chi connectivity index (χ0) is 10.5. The Morgan fingerprint density at radius 1 is 1.20 bits per heavy atom. The molecule has 0 nitrogen and oxygen atoms in total. The molecule has 0 fully saturated rings. The highest BCUT2D eigenvalue weighted by atomic mass is 32.2. The van der Waals surface area contributed by atoms with Gasteiger partial charge in [0.15, 0.2) is 0 Å². The number of thioether (sulfide) groups is 1. The summed E-state index contributed by atoms with van der Waals surface area (Å²) >= 11 is 5.68. The maximum Gasteiger partial charge on any atom is 0.0578 e. The van der Waals surface area contributed by atoms with Crippen molar-refractivity contribution in [3.63, 3.8) is 0 Å². The monoisotopic (exact) mass is 254 g/mol. The molecular weight excluding hydrogens is 240 g/mol. The molecule has 3 heteroatoms. The summed E-state index contributed by atoms with van der Waals surface area (Å²) in [6, 6.07) is 6.58. The van der Waals surface area contributed by atoms with Gasteiger partial charge in [0, 0.05) is 9.77 Å². The van der Waals surface area contributed by atoms with Gasteiger partial charge in [0.1, 0.15) is 0 Å². The number of thiophene rings is 2. The SMILES string of the molecule is CCCCSc1ccsc1-c1cccs1. The Morgan fingerprint density at radius 2 is 2.13 bits per heavy atom. The zero-order valence-corrected chi connectivity index (χ0v) is 11.2. The van der Waals surface area contributed by atoms with E-state index in [0.717, 1.165) is 0 Å². The lowest BCUT2D eigenvalue weighted by Crippen LogP contribution is -1.77. The fourth-order valence-corrected chi connectivity index (χ4v) is 4.53. The van der Waals surface area contributed by atoms with E-state index in [4.69, 9.17) is 0 Å². The summed E-state index contributed by atoms with van der Waals surface area (Å²) in [7, 11) is 0. The highest BCUT2D eigenvalue weighted by molar-refractivity contribution is 7.99. The first-order valence-electron chi connectivity index (χ1n) is 5.16. The first-order valence-corrected chi connectivity index (χ1v) is 7.90. The van der Waals surface area contributed by atoms with Gasteiger partial charge >= 0.3 is 0 Å². The van der Waals surface area contributed by atoms with Crippen molar-refractivity contribution in [2.24, 2.45) is 0 Å². The van der Waals surface area contributed by atoms with Crippen molar-refractivity contribution in [3.05, 3.63) is 29.0 Å². The second kappa shape index (κ2) is 5.73. The molecule has 80 valence electrons. The van der Waals surface area contributed by atoms with Gasteiger partial charge in [-0.05, 0) is 35.1 Å².